The molecule has 1 aromatic carbocycles. The van der Waals surface area contributed by atoms with Crippen molar-refractivity contribution >= 4 is 11.9 Å². The molecule has 0 atom stereocenters. The van der Waals surface area contributed by atoms with Crippen molar-refractivity contribution in [2.75, 3.05) is 6.61 Å². The van der Waals surface area contributed by atoms with Crippen LogP contribution in [0.5, 0.6) is 5.75 Å². The zero-order valence-corrected chi connectivity index (χ0v) is 9.48. The maximum absolute atomic E-state index is 10.6. The lowest BCUT2D eigenvalue weighted by Crippen LogP contribution is -1.92. The monoisotopic (exact) mass is 216 g/mol. The first-order valence-electron chi connectivity index (χ1n) is 5.73. The summed E-state index contributed by atoms with van der Waals surface area (Å²) in [5.74, 6) is 1.47. The maximum Gasteiger partial charge on any atom is 0.143 e. The molecule has 2 rings (SSSR count). The Morgan fingerprint density at radius 3 is 2.56 bits per heavy atom. The van der Waals surface area contributed by atoms with Gasteiger partial charge in [-0.3, -0.25) is 4.79 Å². The van der Waals surface area contributed by atoms with Crippen molar-refractivity contribution in [2.45, 2.75) is 19.8 Å². The van der Waals surface area contributed by atoms with Crippen molar-refractivity contribution in [1.82, 2.24) is 0 Å². The average Bonchev–Trinajstić information content (AvgIpc) is 3.12. The van der Waals surface area contributed by atoms with Gasteiger partial charge in [-0.25, -0.2) is 0 Å². The van der Waals surface area contributed by atoms with Gasteiger partial charge in [-0.1, -0.05) is 12.1 Å². The molecule has 0 saturated heterocycles. The fourth-order valence-electron chi connectivity index (χ4n) is 1.85. The molecule has 0 heterocycles. The highest BCUT2D eigenvalue weighted by molar-refractivity contribution is 5.83. The summed E-state index contributed by atoms with van der Waals surface area (Å²) in [7, 11) is 0. The lowest BCUT2D eigenvalue weighted by Gasteiger charge is -2.07. The number of rotatable bonds is 5. The van der Waals surface area contributed by atoms with Crippen LogP contribution in [0.2, 0.25) is 0 Å². The zero-order chi connectivity index (χ0) is 11.4. The van der Waals surface area contributed by atoms with Crippen LogP contribution in [0.3, 0.4) is 0 Å². The average molecular weight is 216 g/mol. The van der Waals surface area contributed by atoms with E-state index in [1.165, 1.54) is 12.8 Å². The Balaban J connectivity index is 2.18. The summed E-state index contributed by atoms with van der Waals surface area (Å²) in [4.78, 5) is 10.6. The summed E-state index contributed by atoms with van der Waals surface area (Å²) in [6.07, 6.45) is 4.97. The van der Waals surface area contributed by atoms with Crippen LogP contribution in [0.25, 0.3) is 5.57 Å². The van der Waals surface area contributed by atoms with Crippen molar-refractivity contribution < 1.29 is 9.53 Å². The number of benzene rings is 1. The number of hydrogen-bond donors (Lipinski definition) is 0. The van der Waals surface area contributed by atoms with Gasteiger partial charge < -0.3 is 4.74 Å². The topological polar surface area (TPSA) is 26.3 Å². The van der Waals surface area contributed by atoms with Crippen LogP contribution in [-0.4, -0.2) is 12.9 Å². The van der Waals surface area contributed by atoms with E-state index >= 15 is 0 Å². The van der Waals surface area contributed by atoms with Gasteiger partial charge in [0, 0.05) is 0 Å². The van der Waals surface area contributed by atoms with Crippen LogP contribution < -0.4 is 4.74 Å². The lowest BCUT2D eigenvalue weighted by atomic mass is 10.0. The predicted octanol–water partition coefficient (Wildman–Crippen LogP) is 3.08. The van der Waals surface area contributed by atoms with Gasteiger partial charge in [-0.05, 0) is 55.0 Å². The number of ether oxygens (including phenoxy) is 1. The smallest absolute Gasteiger partial charge is 0.143 e. The number of hydrogen-bond acceptors (Lipinski definition) is 2. The molecule has 1 saturated carbocycles. The molecule has 0 amide bonds. The second-order valence-corrected chi connectivity index (χ2v) is 3.99. The molecule has 84 valence electrons. The van der Waals surface area contributed by atoms with Gasteiger partial charge in [-0.2, -0.15) is 0 Å². The first-order valence-corrected chi connectivity index (χ1v) is 5.73. The highest BCUT2D eigenvalue weighted by atomic mass is 16.5. The minimum absolute atomic E-state index is 0.586. The van der Waals surface area contributed by atoms with E-state index in [2.05, 4.69) is 0 Å². The second-order valence-electron chi connectivity index (χ2n) is 3.99. The summed E-state index contributed by atoms with van der Waals surface area (Å²) in [6.45, 7) is 2.65. The summed E-state index contributed by atoms with van der Waals surface area (Å²) in [5, 5.41) is 0. The molecule has 0 aromatic heterocycles. The Morgan fingerprint density at radius 1 is 1.38 bits per heavy atom. The molecule has 1 fully saturated rings. The van der Waals surface area contributed by atoms with E-state index in [1.54, 1.807) is 6.08 Å². The molecule has 2 heteroatoms. The van der Waals surface area contributed by atoms with Crippen molar-refractivity contribution in [3.05, 3.63) is 35.9 Å². The zero-order valence-electron chi connectivity index (χ0n) is 9.48. The maximum atomic E-state index is 10.6. The Kier molecular flexibility index (Phi) is 3.40. The molecule has 1 aliphatic rings. The SMILES string of the molecule is CCOc1ccc(/C(=C\C=O)C2CC2)cc1. The fraction of sp³-hybridized carbons (Fsp3) is 0.357. The molecular formula is C14H16O2. The Morgan fingerprint density at radius 2 is 2.06 bits per heavy atom. The second kappa shape index (κ2) is 4.97. The number of aldehydes is 1. The van der Waals surface area contributed by atoms with E-state index in [9.17, 15) is 4.79 Å². The van der Waals surface area contributed by atoms with E-state index in [-0.39, 0.29) is 0 Å². The van der Waals surface area contributed by atoms with E-state index in [1.807, 2.05) is 31.2 Å². The van der Waals surface area contributed by atoms with Crippen LogP contribution in [0.1, 0.15) is 25.3 Å². The van der Waals surface area contributed by atoms with Crippen molar-refractivity contribution in [3.8, 4) is 5.75 Å². The highest BCUT2D eigenvalue weighted by Crippen LogP contribution is 2.41. The number of carbonyl (C=O) groups excluding carboxylic acids is 1. The Labute approximate surface area is 95.9 Å². The van der Waals surface area contributed by atoms with Gasteiger partial charge in [-0.15, -0.1) is 0 Å². The highest BCUT2D eigenvalue weighted by Gasteiger charge is 2.26. The fourth-order valence-corrected chi connectivity index (χ4v) is 1.85. The van der Waals surface area contributed by atoms with Crippen LogP contribution in [0.4, 0.5) is 0 Å². The van der Waals surface area contributed by atoms with Crippen LogP contribution in [-0.2, 0) is 4.79 Å². The standard InChI is InChI=1S/C14H16O2/c1-2-16-13-7-5-12(6-8-13)14(9-10-15)11-3-4-11/h5-11H,2-4H2,1H3/b14-9-. The summed E-state index contributed by atoms with van der Waals surface area (Å²) >= 11 is 0. The van der Waals surface area contributed by atoms with Crippen molar-refractivity contribution in [1.29, 1.82) is 0 Å². The lowest BCUT2D eigenvalue weighted by molar-refractivity contribution is -0.104. The minimum atomic E-state index is 0.586. The molecular weight excluding hydrogens is 200 g/mol. The third-order valence-corrected chi connectivity index (χ3v) is 2.76. The summed E-state index contributed by atoms with van der Waals surface area (Å²) in [6, 6.07) is 7.97. The Bertz CT molecular complexity index is 386. The molecule has 1 aromatic rings. The molecule has 1 aliphatic carbocycles. The Hall–Kier alpha value is -1.57. The third kappa shape index (κ3) is 2.51. The van der Waals surface area contributed by atoms with E-state index in [0.29, 0.717) is 12.5 Å². The normalized spacial score (nSPS) is 15.9. The van der Waals surface area contributed by atoms with Crippen molar-refractivity contribution in [2.24, 2.45) is 5.92 Å². The van der Waals surface area contributed by atoms with Crippen LogP contribution >= 0.6 is 0 Å². The summed E-state index contributed by atoms with van der Waals surface area (Å²) < 4.78 is 5.39. The van der Waals surface area contributed by atoms with Gasteiger partial charge in [0.05, 0.1) is 6.61 Å². The predicted molar refractivity (Wildman–Crippen MR) is 64.4 cm³/mol. The van der Waals surface area contributed by atoms with Crippen LogP contribution in [0, 0.1) is 5.92 Å². The third-order valence-electron chi connectivity index (χ3n) is 2.76. The molecule has 0 unspecified atom stereocenters. The minimum Gasteiger partial charge on any atom is -0.494 e. The number of carbonyl (C=O) groups is 1. The van der Waals surface area contributed by atoms with Gasteiger partial charge in [0.1, 0.15) is 12.0 Å². The van der Waals surface area contributed by atoms with Gasteiger partial charge in [0.25, 0.3) is 0 Å². The van der Waals surface area contributed by atoms with E-state index < -0.39 is 0 Å². The van der Waals surface area contributed by atoms with Gasteiger partial charge >= 0.3 is 0 Å². The van der Waals surface area contributed by atoms with Crippen LogP contribution in [0.15, 0.2) is 30.3 Å². The molecule has 0 aliphatic heterocycles. The molecule has 16 heavy (non-hydrogen) atoms. The molecule has 0 bridgehead atoms. The first-order chi connectivity index (χ1) is 7.85. The van der Waals surface area contributed by atoms with Crippen molar-refractivity contribution in [3.63, 3.8) is 0 Å². The first kappa shape index (κ1) is 10.9. The van der Waals surface area contributed by atoms with E-state index in [4.69, 9.17) is 4.74 Å². The summed E-state index contributed by atoms with van der Waals surface area (Å²) in [5.41, 5.74) is 2.30. The molecule has 2 nitrogen and oxygen atoms in total. The molecule has 0 radical (unpaired) electrons. The van der Waals surface area contributed by atoms with Gasteiger partial charge in [0.15, 0.2) is 0 Å². The quantitative estimate of drug-likeness (QED) is 0.558. The largest absolute Gasteiger partial charge is 0.494 e. The number of allylic oxidation sites excluding steroid dienone is 2. The van der Waals surface area contributed by atoms with E-state index in [0.717, 1.165) is 23.2 Å². The molecule has 0 spiro atoms. The molecule has 0 N–H and O–H groups in total. The van der Waals surface area contributed by atoms with Gasteiger partial charge in [0.2, 0.25) is 0 Å².